The topological polar surface area (TPSA) is 112 Å². The van der Waals surface area contributed by atoms with Gasteiger partial charge >= 0.3 is 5.97 Å². The summed E-state index contributed by atoms with van der Waals surface area (Å²) in [6.07, 6.45) is 1.35. The average molecular weight is 528 g/mol. The first kappa shape index (κ1) is 27.4. The second-order valence-corrected chi connectivity index (χ2v) is 9.69. The summed E-state index contributed by atoms with van der Waals surface area (Å²) in [7, 11) is 1.80. The minimum atomic E-state index is -4.02. The van der Waals surface area contributed by atoms with Crippen LogP contribution in [0.1, 0.15) is 17.2 Å². The van der Waals surface area contributed by atoms with Crippen LogP contribution in [0.4, 0.5) is 5.69 Å². The number of ether oxygens (including phenoxy) is 4. The van der Waals surface area contributed by atoms with Crippen molar-refractivity contribution in [3.8, 4) is 23.0 Å². The van der Waals surface area contributed by atoms with Crippen molar-refractivity contribution in [2.75, 3.05) is 39.2 Å². The number of sulfone groups is 1. The van der Waals surface area contributed by atoms with E-state index in [4.69, 9.17) is 18.9 Å². The minimum absolute atomic E-state index is 0.317. The van der Waals surface area contributed by atoms with E-state index < -0.39 is 27.7 Å². The maximum absolute atomic E-state index is 13.4. The van der Waals surface area contributed by atoms with Crippen molar-refractivity contribution in [2.24, 2.45) is 0 Å². The first-order valence-corrected chi connectivity index (χ1v) is 12.8. The maximum Gasteiger partial charge on any atom is 0.331 e. The van der Waals surface area contributed by atoms with Crippen LogP contribution in [0.25, 0.3) is 6.08 Å². The van der Waals surface area contributed by atoms with Crippen molar-refractivity contribution in [2.45, 2.75) is 6.04 Å². The molecule has 1 N–H and O–H groups in total. The fourth-order valence-corrected chi connectivity index (χ4v) is 4.95. The van der Waals surface area contributed by atoms with Gasteiger partial charge in [-0.05, 0) is 23.8 Å². The van der Waals surface area contributed by atoms with Crippen molar-refractivity contribution in [3.05, 3.63) is 83.3 Å². The highest BCUT2D eigenvalue weighted by Crippen LogP contribution is 2.37. The molecule has 0 amide bonds. The molecule has 37 heavy (non-hydrogen) atoms. The Morgan fingerprint density at radius 2 is 1.43 bits per heavy atom. The molecule has 0 unspecified atom stereocenters. The van der Waals surface area contributed by atoms with E-state index in [1.54, 1.807) is 66.7 Å². The molecule has 0 radical (unpaired) electrons. The number of hydrogen-bond donors (Lipinski definition) is 1. The molecule has 0 heterocycles. The van der Waals surface area contributed by atoms with Gasteiger partial charge in [-0.15, -0.1) is 0 Å². The fourth-order valence-electron chi connectivity index (χ4n) is 3.85. The Kier molecular flexibility index (Phi) is 9.02. The summed E-state index contributed by atoms with van der Waals surface area (Å²) < 4.78 is 48.2. The van der Waals surface area contributed by atoms with Crippen LogP contribution in [0.3, 0.4) is 0 Å². The number of anilines is 1. The fraction of sp³-hybridized carbons (Fsp3) is 0.222. The van der Waals surface area contributed by atoms with E-state index in [2.05, 4.69) is 0 Å². The number of carboxylic acids is 1. The summed E-state index contributed by atoms with van der Waals surface area (Å²) in [6.45, 7) is 0. The molecule has 0 saturated carbocycles. The molecular weight excluding hydrogens is 498 g/mol. The Labute approximate surface area is 216 Å². The first-order valence-electron chi connectivity index (χ1n) is 11.1. The highest BCUT2D eigenvalue weighted by molar-refractivity contribution is 7.94. The Hall–Kier alpha value is -4.18. The van der Waals surface area contributed by atoms with Gasteiger partial charge in [0.1, 0.15) is 28.9 Å². The van der Waals surface area contributed by atoms with Gasteiger partial charge in [0.15, 0.2) is 15.9 Å². The Morgan fingerprint density at radius 1 is 0.865 bits per heavy atom. The number of methoxy groups -OCH3 is 4. The lowest BCUT2D eigenvalue weighted by Gasteiger charge is -2.31. The van der Waals surface area contributed by atoms with Gasteiger partial charge in [0.05, 0.1) is 39.7 Å². The van der Waals surface area contributed by atoms with E-state index in [-0.39, 0.29) is 0 Å². The molecule has 0 aliphatic heterocycles. The Balaban J connectivity index is 2.09. The number of hydrogen-bond acceptors (Lipinski definition) is 8. The quantitative estimate of drug-likeness (QED) is 0.366. The zero-order valence-electron chi connectivity index (χ0n) is 21.0. The average Bonchev–Trinajstić information content (AvgIpc) is 2.91. The van der Waals surface area contributed by atoms with Crippen LogP contribution in [-0.4, -0.2) is 53.8 Å². The molecule has 3 aromatic carbocycles. The van der Waals surface area contributed by atoms with Crippen molar-refractivity contribution in [1.29, 1.82) is 0 Å². The van der Waals surface area contributed by atoms with E-state index in [1.165, 1.54) is 39.4 Å². The number of benzene rings is 3. The van der Waals surface area contributed by atoms with Crippen LogP contribution in [0, 0.1) is 0 Å². The van der Waals surface area contributed by atoms with Gasteiger partial charge in [-0.2, -0.15) is 0 Å². The lowest BCUT2D eigenvalue weighted by atomic mass is 10.0. The Morgan fingerprint density at radius 3 is 1.97 bits per heavy atom. The normalized spacial score (nSPS) is 12.1. The van der Waals surface area contributed by atoms with Crippen LogP contribution in [0.15, 0.2) is 72.1 Å². The number of nitrogens with zero attached hydrogens (tertiary/aromatic N) is 1. The van der Waals surface area contributed by atoms with Crippen LogP contribution in [-0.2, 0) is 14.6 Å². The van der Waals surface area contributed by atoms with Gasteiger partial charge in [0, 0.05) is 17.5 Å². The highest BCUT2D eigenvalue weighted by Gasteiger charge is 2.32. The lowest BCUT2D eigenvalue weighted by Crippen LogP contribution is -2.37. The summed E-state index contributed by atoms with van der Waals surface area (Å²) in [6, 6.07) is 17.0. The molecule has 0 saturated heterocycles. The third-order valence-electron chi connectivity index (χ3n) is 5.57. The molecule has 3 rings (SSSR count). The number of rotatable bonds is 12. The summed E-state index contributed by atoms with van der Waals surface area (Å²) in [5.41, 5.74) is 1.12. The number of carboxylic acid groups (broad SMARTS) is 1. The minimum Gasteiger partial charge on any atom is -0.496 e. The number of aliphatic carboxylic acids is 1. The van der Waals surface area contributed by atoms with Crippen molar-refractivity contribution in [1.82, 2.24) is 0 Å². The zero-order chi connectivity index (χ0) is 27.0. The second-order valence-electron chi connectivity index (χ2n) is 7.83. The lowest BCUT2D eigenvalue weighted by molar-refractivity contribution is -0.138. The molecule has 3 aromatic rings. The monoisotopic (exact) mass is 527 g/mol. The zero-order valence-corrected chi connectivity index (χ0v) is 21.8. The summed E-state index contributed by atoms with van der Waals surface area (Å²) in [5, 5.41) is 11.2. The number of para-hydroxylation sites is 2. The molecule has 10 heteroatoms. The van der Waals surface area contributed by atoms with Crippen molar-refractivity contribution < 1.29 is 37.3 Å². The molecule has 0 aliphatic rings. The van der Waals surface area contributed by atoms with Gasteiger partial charge in [0.25, 0.3) is 0 Å². The number of carbonyl (C=O) groups is 1. The van der Waals surface area contributed by atoms with E-state index in [9.17, 15) is 18.3 Å². The second kappa shape index (κ2) is 12.2. The van der Waals surface area contributed by atoms with Crippen LogP contribution < -0.4 is 23.8 Å². The van der Waals surface area contributed by atoms with E-state index in [1.807, 2.05) is 0 Å². The predicted molar refractivity (Wildman–Crippen MR) is 141 cm³/mol. The molecule has 0 spiro atoms. The van der Waals surface area contributed by atoms with Crippen LogP contribution in [0.2, 0.25) is 0 Å². The summed E-state index contributed by atoms with van der Waals surface area (Å²) in [5.74, 6) is -0.356. The molecule has 0 aromatic heterocycles. The Bertz CT molecular complexity index is 1330. The molecule has 0 fully saturated rings. The van der Waals surface area contributed by atoms with E-state index in [0.29, 0.717) is 39.8 Å². The molecule has 0 aliphatic carbocycles. The van der Waals surface area contributed by atoms with Gasteiger partial charge in [-0.1, -0.05) is 42.5 Å². The van der Waals surface area contributed by atoms with Gasteiger partial charge in [-0.3, -0.25) is 0 Å². The van der Waals surface area contributed by atoms with Gasteiger partial charge in [-0.25, -0.2) is 13.2 Å². The largest absolute Gasteiger partial charge is 0.496 e. The van der Waals surface area contributed by atoms with Crippen molar-refractivity contribution in [3.63, 3.8) is 0 Å². The van der Waals surface area contributed by atoms with Crippen LogP contribution in [0.5, 0.6) is 23.0 Å². The SMILES string of the molecule is COc1cc(OC)c(C=CS(=O)(=O)CN(c2ccccc2OC)[C@@H](C(=O)O)c2ccccc2)c(OC)c1. The smallest absolute Gasteiger partial charge is 0.331 e. The molecular formula is C27H29NO8S. The molecule has 1 atom stereocenters. The molecule has 0 bridgehead atoms. The molecule has 196 valence electrons. The van der Waals surface area contributed by atoms with Gasteiger partial charge < -0.3 is 29.0 Å². The van der Waals surface area contributed by atoms with Crippen LogP contribution >= 0.6 is 0 Å². The molecule has 9 nitrogen and oxygen atoms in total. The first-order chi connectivity index (χ1) is 17.7. The summed E-state index contributed by atoms with van der Waals surface area (Å²) in [4.78, 5) is 13.8. The standard InChI is InChI=1S/C27H29NO8S/c1-33-20-16-24(35-3)21(25(17-20)36-4)14-15-37(31,32)18-28(22-12-8-9-13-23(22)34-2)26(27(29)30)19-10-6-5-7-11-19/h5-17,26H,18H2,1-4H3,(H,29,30)/t26-/m1/s1. The third kappa shape index (κ3) is 6.53. The summed E-state index contributed by atoms with van der Waals surface area (Å²) >= 11 is 0. The highest BCUT2D eigenvalue weighted by atomic mass is 32.2. The van der Waals surface area contributed by atoms with Gasteiger partial charge in [0.2, 0.25) is 0 Å². The van der Waals surface area contributed by atoms with Crippen molar-refractivity contribution >= 4 is 27.6 Å². The van der Waals surface area contributed by atoms with E-state index >= 15 is 0 Å². The van der Waals surface area contributed by atoms with E-state index in [0.717, 1.165) is 5.41 Å². The maximum atomic E-state index is 13.4. The predicted octanol–water partition coefficient (Wildman–Crippen LogP) is 4.40. The third-order valence-corrected chi connectivity index (χ3v) is 6.76.